The predicted molar refractivity (Wildman–Crippen MR) is 107 cm³/mol. The number of pyridine rings is 1. The lowest BCUT2D eigenvalue weighted by molar-refractivity contribution is -0.605. The second kappa shape index (κ2) is 6.82. The van der Waals surface area contributed by atoms with Crippen LogP contribution in [0.25, 0.3) is 11.1 Å². The van der Waals surface area contributed by atoms with Gasteiger partial charge in [-0.2, -0.15) is 4.73 Å². The van der Waals surface area contributed by atoms with Crippen LogP contribution in [0.1, 0.15) is 35.6 Å². The van der Waals surface area contributed by atoms with Crippen LogP contribution in [0.4, 0.5) is 0 Å². The average molecular weight is 356 g/mol. The fourth-order valence-electron chi connectivity index (χ4n) is 4.85. The molecule has 0 unspecified atom stereocenters. The highest BCUT2D eigenvalue weighted by molar-refractivity contribution is 5.78. The van der Waals surface area contributed by atoms with Crippen molar-refractivity contribution in [3.05, 3.63) is 95.0 Å². The molecule has 136 valence electrons. The molecule has 2 aliphatic rings. The Morgan fingerprint density at radius 2 is 1.37 bits per heavy atom. The summed E-state index contributed by atoms with van der Waals surface area (Å²) in [4.78, 5) is 2.66. The third-order valence-corrected chi connectivity index (χ3v) is 6.21. The Balaban J connectivity index is 1.33. The highest BCUT2D eigenvalue weighted by Crippen LogP contribution is 2.47. The number of fused-ring (bicyclic) bond motifs is 3. The van der Waals surface area contributed by atoms with E-state index in [1.165, 1.54) is 40.7 Å². The van der Waals surface area contributed by atoms with Crippen molar-refractivity contribution in [1.82, 2.24) is 4.90 Å². The van der Waals surface area contributed by atoms with Crippen molar-refractivity contribution in [3.8, 4) is 11.1 Å². The van der Waals surface area contributed by atoms with Crippen LogP contribution in [0.3, 0.4) is 0 Å². The van der Waals surface area contributed by atoms with Gasteiger partial charge >= 0.3 is 0 Å². The topological polar surface area (TPSA) is 30.2 Å². The van der Waals surface area contributed by atoms with E-state index in [1.807, 2.05) is 12.1 Å². The predicted octanol–water partition coefficient (Wildman–Crippen LogP) is 4.34. The maximum Gasteiger partial charge on any atom is 0.180 e. The molecule has 0 radical (unpaired) electrons. The molecule has 0 N–H and O–H groups in total. The van der Waals surface area contributed by atoms with E-state index in [2.05, 4.69) is 53.4 Å². The van der Waals surface area contributed by atoms with Crippen molar-refractivity contribution in [3.63, 3.8) is 0 Å². The first kappa shape index (κ1) is 16.5. The third-order valence-electron chi connectivity index (χ3n) is 6.21. The van der Waals surface area contributed by atoms with E-state index in [1.54, 1.807) is 12.4 Å². The normalized spacial score (nSPS) is 17.6. The summed E-state index contributed by atoms with van der Waals surface area (Å²) in [5.41, 5.74) is 6.99. The minimum absolute atomic E-state index is 0.398. The van der Waals surface area contributed by atoms with E-state index in [4.69, 9.17) is 0 Å². The van der Waals surface area contributed by atoms with E-state index in [-0.39, 0.29) is 0 Å². The van der Waals surface area contributed by atoms with Gasteiger partial charge in [-0.25, -0.2) is 0 Å². The first-order valence-corrected chi connectivity index (χ1v) is 9.89. The largest absolute Gasteiger partial charge is 0.619 e. The SMILES string of the molecule is [O-][n+]1ccc(CC2CCN(C3c4ccccc4-c4ccccc43)CC2)cc1. The van der Waals surface area contributed by atoms with Crippen molar-refractivity contribution in [2.75, 3.05) is 13.1 Å². The van der Waals surface area contributed by atoms with Crippen molar-refractivity contribution in [2.45, 2.75) is 25.3 Å². The van der Waals surface area contributed by atoms with Gasteiger partial charge in [-0.15, -0.1) is 0 Å². The Kier molecular flexibility index (Phi) is 4.17. The van der Waals surface area contributed by atoms with Gasteiger partial charge < -0.3 is 5.21 Å². The van der Waals surface area contributed by atoms with E-state index >= 15 is 0 Å². The molecule has 0 atom stereocenters. The third kappa shape index (κ3) is 3.02. The maximum atomic E-state index is 11.2. The molecule has 1 fully saturated rings. The zero-order valence-electron chi connectivity index (χ0n) is 15.4. The summed E-state index contributed by atoms with van der Waals surface area (Å²) in [6, 6.07) is 22.1. The second-order valence-electron chi connectivity index (χ2n) is 7.83. The van der Waals surface area contributed by atoms with Crippen LogP contribution in [-0.2, 0) is 6.42 Å². The average Bonchev–Trinajstić information content (AvgIpc) is 3.05. The summed E-state index contributed by atoms with van der Waals surface area (Å²) >= 11 is 0. The van der Waals surface area contributed by atoms with Gasteiger partial charge in [0.1, 0.15) is 0 Å². The molecule has 2 heterocycles. The fourth-order valence-corrected chi connectivity index (χ4v) is 4.85. The number of likely N-dealkylation sites (tertiary alicyclic amines) is 1. The maximum absolute atomic E-state index is 11.2. The highest BCUT2D eigenvalue weighted by atomic mass is 16.5. The zero-order valence-corrected chi connectivity index (χ0v) is 15.4. The van der Waals surface area contributed by atoms with Gasteiger partial charge in [-0.1, -0.05) is 48.5 Å². The molecule has 3 nitrogen and oxygen atoms in total. The van der Waals surface area contributed by atoms with Gasteiger partial charge in [0.25, 0.3) is 0 Å². The van der Waals surface area contributed by atoms with Gasteiger partial charge in [0.15, 0.2) is 12.4 Å². The molecule has 0 spiro atoms. The lowest BCUT2D eigenvalue weighted by Crippen LogP contribution is -2.37. The van der Waals surface area contributed by atoms with Crippen LogP contribution in [0.5, 0.6) is 0 Å². The second-order valence-corrected chi connectivity index (χ2v) is 7.83. The van der Waals surface area contributed by atoms with Crippen molar-refractivity contribution >= 4 is 0 Å². The molecule has 0 saturated carbocycles. The first-order valence-electron chi connectivity index (χ1n) is 9.89. The van der Waals surface area contributed by atoms with Gasteiger partial charge in [-0.05, 0) is 66.1 Å². The number of hydrogen-bond donors (Lipinski definition) is 0. The van der Waals surface area contributed by atoms with E-state index in [0.29, 0.717) is 12.0 Å². The highest BCUT2D eigenvalue weighted by Gasteiger charge is 2.34. The number of hydrogen-bond acceptors (Lipinski definition) is 2. The summed E-state index contributed by atoms with van der Waals surface area (Å²) in [7, 11) is 0. The number of nitrogens with zero attached hydrogens (tertiary/aromatic N) is 2. The van der Waals surface area contributed by atoms with Crippen molar-refractivity contribution < 1.29 is 4.73 Å². The van der Waals surface area contributed by atoms with Crippen molar-refractivity contribution in [1.29, 1.82) is 0 Å². The van der Waals surface area contributed by atoms with Gasteiger partial charge in [0.05, 0.1) is 6.04 Å². The van der Waals surface area contributed by atoms with E-state index in [9.17, 15) is 5.21 Å². The van der Waals surface area contributed by atoms with Gasteiger partial charge in [0.2, 0.25) is 0 Å². The van der Waals surface area contributed by atoms with Crippen LogP contribution < -0.4 is 4.73 Å². The summed E-state index contributed by atoms with van der Waals surface area (Å²) < 4.78 is 0.862. The standard InChI is InChI=1S/C24H24N2O/c27-26-15-11-19(12-16-26)17-18-9-13-25(14-10-18)24-22-7-3-1-5-20(22)21-6-2-4-8-23(21)24/h1-8,11-12,15-16,18,24H,9-10,13-14,17H2. The molecule has 3 heteroatoms. The van der Waals surface area contributed by atoms with E-state index < -0.39 is 0 Å². The zero-order chi connectivity index (χ0) is 18.2. The Morgan fingerprint density at radius 3 is 1.96 bits per heavy atom. The van der Waals surface area contributed by atoms with Crippen LogP contribution in [0.2, 0.25) is 0 Å². The summed E-state index contributed by atoms with van der Waals surface area (Å²) in [5.74, 6) is 0.704. The van der Waals surface area contributed by atoms with Crippen LogP contribution >= 0.6 is 0 Å². The van der Waals surface area contributed by atoms with Crippen LogP contribution in [0, 0.1) is 11.1 Å². The summed E-state index contributed by atoms with van der Waals surface area (Å²) in [5, 5.41) is 11.2. The molecule has 1 aliphatic heterocycles. The van der Waals surface area contributed by atoms with Crippen LogP contribution in [-0.4, -0.2) is 18.0 Å². The smallest absolute Gasteiger partial charge is 0.180 e. The lowest BCUT2D eigenvalue weighted by Gasteiger charge is -2.37. The minimum atomic E-state index is 0.398. The monoisotopic (exact) mass is 356 g/mol. The first-order chi connectivity index (χ1) is 13.3. The molecule has 2 aromatic carbocycles. The fraction of sp³-hybridized carbons (Fsp3) is 0.292. The molecule has 27 heavy (non-hydrogen) atoms. The Bertz CT molecular complexity index is 897. The molecule has 0 amide bonds. The molecule has 1 aliphatic carbocycles. The van der Waals surface area contributed by atoms with Crippen LogP contribution in [0.15, 0.2) is 73.1 Å². The van der Waals surface area contributed by atoms with Gasteiger partial charge in [0, 0.05) is 12.1 Å². The quantitative estimate of drug-likeness (QED) is 0.516. The number of aromatic nitrogens is 1. The summed E-state index contributed by atoms with van der Waals surface area (Å²) in [6.45, 7) is 2.26. The molecule has 3 aromatic rings. The Hall–Kier alpha value is -2.65. The van der Waals surface area contributed by atoms with E-state index in [0.717, 1.165) is 24.2 Å². The molecule has 5 rings (SSSR count). The molecule has 0 bridgehead atoms. The summed E-state index contributed by atoms with van der Waals surface area (Å²) in [6.07, 6.45) is 6.72. The number of piperidine rings is 1. The van der Waals surface area contributed by atoms with Crippen molar-refractivity contribution in [2.24, 2.45) is 5.92 Å². The van der Waals surface area contributed by atoms with Gasteiger partial charge in [-0.3, -0.25) is 4.90 Å². The number of benzene rings is 2. The molecule has 1 saturated heterocycles. The minimum Gasteiger partial charge on any atom is -0.619 e. The number of rotatable bonds is 3. The molecule has 1 aromatic heterocycles. The Morgan fingerprint density at radius 1 is 0.815 bits per heavy atom. The molecular formula is C24H24N2O. The Labute approximate surface area is 160 Å². The molecular weight excluding hydrogens is 332 g/mol. The lowest BCUT2D eigenvalue weighted by atomic mass is 9.89.